The summed E-state index contributed by atoms with van der Waals surface area (Å²) in [5.74, 6) is 0.479. The average molecular weight is 543 g/mol. The maximum Gasteiger partial charge on any atom is 0.249 e. The molecule has 0 bridgehead atoms. The number of likely N-dealkylation sites (tertiary alicyclic amines) is 2. The zero-order chi connectivity index (χ0) is 27.4. The molecule has 0 saturated carbocycles. The molecular formula is C34H46N4O2. The highest BCUT2D eigenvalue weighted by atomic mass is 16.2. The number of unbranched alkanes of at least 4 members (excludes halogenated alkanes) is 3. The van der Waals surface area contributed by atoms with Crippen molar-refractivity contribution in [2.45, 2.75) is 88.4 Å². The lowest BCUT2D eigenvalue weighted by molar-refractivity contribution is -0.176. The van der Waals surface area contributed by atoms with E-state index < -0.39 is 5.54 Å². The standard InChI is InChI=1S/C34H46N4O2/c39-32-31-17-11-22-37(31)33(40)34(38(32)30-18-23-36(27-30)26-29-15-8-4-9-16-29)19-24-35(25-20-34)21-10-2-1-5-12-28-13-6-3-7-14-28/h3-4,6-9,13-16,30-31H,1-2,5,10-12,17-27H2. The molecule has 2 aromatic rings. The molecule has 2 aromatic carbocycles. The molecule has 2 atom stereocenters. The number of aryl methyl sites for hydroxylation is 1. The molecule has 4 fully saturated rings. The van der Waals surface area contributed by atoms with Gasteiger partial charge in [0, 0.05) is 45.3 Å². The number of hydrogen-bond donors (Lipinski definition) is 0. The van der Waals surface area contributed by atoms with Crippen LogP contribution in [0.5, 0.6) is 0 Å². The van der Waals surface area contributed by atoms with Gasteiger partial charge in [0.05, 0.1) is 0 Å². The van der Waals surface area contributed by atoms with Crippen LogP contribution in [0.25, 0.3) is 0 Å². The van der Waals surface area contributed by atoms with E-state index >= 15 is 0 Å². The minimum Gasteiger partial charge on any atom is -0.329 e. The lowest BCUT2D eigenvalue weighted by atomic mass is 9.79. The third-order valence-corrected chi connectivity index (χ3v) is 9.97. The molecule has 2 unspecified atom stereocenters. The molecule has 6 rings (SSSR count). The molecular weight excluding hydrogens is 496 g/mol. The summed E-state index contributed by atoms with van der Waals surface area (Å²) in [5, 5.41) is 0. The Labute approximate surface area is 240 Å². The molecule has 4 saturated heterocycles. The topological polar surface area (TPSA) is 47.1 Å². The molecule has 4 aliphatic rings. The SMILES string of the molecule is O=C1C2CCCN2C(=O)C2(CCN(CCCCCCc3ccccc3)CC2)N1C1CCN(Cc2ccccc2)C1. The first-order valence-corrected chi connectivity index (χ1v) is 15.8. The van der Waals surface area contributed by atoms with Gasteiger partial charge in [0.1, 0.15) is 11.6 Å². The van der Waals surface area contributed by atoms with Gasteiger partial charge in [0.2, 0.25) is 11.8 Å². The van der Waals surface area contributed by atoms with Gasteiger partial charge in [0.15, 0.2) is 0 Å². The van der Waals surface area contributed by atoms with Gasteiger partial charge < -0.3 is 14.7 Å². The van der Waals surface area contributed by atoms with Crippen LogP contribution >= 0.6 is 0 Å². The van der Waals surface area contributed by atoms with Crippen LogP contribution in [0.3, 0.4) is 0 Å². The zero-order valence-corrected chi connectivity index (χ0v) is 24.1. The second kappa shape index (κ2) is 12.4. The Balaban J connectivity index is 1.05. The van der Waals surface area contributed by atoms with E-state index in [1.165, 1.54) is 43.2 Å². The summed E-state index contributed by atoms with van der Waals surface area (Å²) in [4.78, 5) is 37.3. The summed E-state index contributed by atoms with van der Waals surface area (Å²) < 4.78 is 0. The second-order valence-electron chi connectivity index (χ2n) is 12.6. The first-order valence-electron chi connectivity index (χ1n) is 15.8. The van der Waals surface area contributed by atoms with Gasteiger partial charge in [-0.2, -0.15) is 0 Å². The Hall–Kier alpha value is -2.70. The van der Waals surface area contributed by atoms with Crippen LogP contribution in [0.4, 0.5) is 0 Å². The Morgan fingerprint density at radius 1 is 0.725 bits per heavy atom. The minimum absolute atomic E-state index is 0.138. The molecule has 40 heavy (non-hydrogen) atoms. The van der Waals surface area contributed by atoms with Crippen LogP contribution in [-0.4, -0.2) is 88.3 Å². The average Bonchev–Trinajstić information content (AvgIpc) is 3.66. The van der Waals surface area contributed by atoms with Crippen LogP contribution in [0.15, 0.2) is 60.7 Å². The number of carbonyl (C=O) groups excluding carboxylic acids is 2. The van der Waals surface area contributed by atoms with Crippen LogP contribution in [0.2, 0.25) is 0 Å². The van der Waals surface area contributed by atoms with E-state index in [9.17, 15) is 9.59 Å². The molecule has 4 heterocycles. The normalized spacial score (nSPS) is 25.2. The third kappa shape index (κ3) is 5.71. The largest absolute Gasteiger partial charge is 0.329 e. The summed E-state index contributed by atoms with van der Waals surface area (Å²) in [6.07, 6.45) is 10.5. The number of piperidine rings is 1. The summed E-state index contributed by atoms with van der Waals surface area (Å²) in [7, 11) is 0. The Morgan fingerprint density at radius 2 is 1.43 bits per heavy atom. The molecule has 4 aliphatic heterocycles. The summed E-state index contributed by atoms with van der Waals surface area (Å²) in [6, 6.07) is 21.3. The molecule has 2 amide bonds. The van der Waals surface area contributed by atoms with Crippen molar-refractivity contribution in [2.24, 2.45) is 0 Å². The predicted molar refractivity (Wildman–Crippen MR) is 159 cm³/mol. The van der Waals surface area contributed by atoms with E-state index in [2.05, 4.69) is 75.4 Å². The van der Waals surface area contributed by atoms with Crippen molar-refractivity contribution in [3.8, 4) is 0 Å². The van der Waals surface area contributed by atoms with Crippen molar-refractivity contribution >= 4 is 11.8 Å². The van der Waals surface area contributed by atoms with E-state index in [0.29, 0.717) is 0 Å². The molecule has 1 spiro atoms. The maximum absolute atomic E-state index is 14.1. The monoisotopic (exact) mass is 542 g/mol. The van der Waals surface area contributed by atoms with E-state index in [4.69, 9.17) is 0 Å². The molecule has 214 valence electrons. The summed E-state index contributed by atoms with van der Waals surface area (Å²) in [5.41, 5.74) is 2.11. The number of fused-ring (bicyclic) bond motifs is 1. The van der Waals surface area contributed by atoms with Gasteiger partial charge >= 0.3 is 0 Å². The molecule has 6 nitrogen and oxygen atoms in total. The summed E-state index contributed by atoms with van der Waals surface area (Å²) >= 11 is 0. The van der Waals surface area contributed by atoms with E-state index in [1.807, 2.05) is 4.90 Å². The van der Waals surface area contributed by atoms with E-state index in [-0.39, 0.29) is 23.9 Å². The smallest absolute Gasteiger partial charge is 0.249 e. The highest BCUT2D eigenvalue weighted by molar-refractivity contribution is 6.00. The van der Waals surface area contributed by atoms with Crippen LogP contribution < -0.4 is 0 Å². The molecule has 0 radical (unpaired) electrons. The van der Waals surface area contributed by atoms with Gasteiger partial charge in [-0.15, -0.1) is 0 Å². The molecule has 0 N–H and O–H groups in total. The number of rotatable bonds is 10. The van der Waals surface area contributed by atoms with Crippen LogP contribution in [-0.2, 0) is 22.6 Å². The molecule has 0 aromatic heterocycles. The number of amides is 2. The quantitative estimate of drug-likeness (QED) is 0.407. The Kier molecular flexibility index (Phi) is 8.54. The Morgan fingerprint density at radius 3 is 2.17 bits per heavy atom. The molecule has 6 heteroatoms. The fourth-order valence-electron chi connectivity index (χ4n) is 7.81. The van der Waals surface area contributed by atoms with Crippen molar-refractivity contribution < 1.29 is 9.59 Å². The van der Waals surface area contributed by atoms with Gasteiger partial charge in [-0.1, -0.05) is 73.5 Å². The maximum atomic E-state index is 14.1. The fourth-order valence-corrected chi connectivity index (χ4v) is 7.81. The van der Waals surface area contributed by atoms with Crippen molar-refractivity contribution in [1.82, 2.24) is 19.6 Å². The Bertz CT molecular complexity index is 1130. The van der Waals surface area contributed by atoms with Crippen LogP contribution in [0.1, 0.15) is 68.9 Å². The molecule has 0 aliphatic carbocycles. The number of carbonyl (C=O) groups is 2. The highest BCUT2D eigenvalue weighted by Crippen LogP contribution is 2.42. The fraction of sp³-hybridized carbons (Fsp3) is 0.588. The number of hydrogen-bond acceptors (Lipinski definition) is 4. The first kappa shape index (κ1) is 27.5. The lowest BCUT2D eigenvalue weighted by Gasteiger charge is -2.55. The highest BCUT2D eigenvalue weighted by Gasteiger charge is 2.59. The minimum atomic E-state index is -0.641. The second-order valence-corrected chi connectivity index (χ2v) is 12.6. The van der Waals surface area contributed by atoms with Crippen molar-refractivity contribution in [1.29, 1.82) is 0 Å². The summed E-state index contributed by atoms with van der Waals surface area (Å²) in [6.45, 7) is 6.45. The predicted octanol–water partition coefficient (Wildman–Crippen LogP) is 4.73. The van der Waals surface area contributed by atoms with E-state index in [1.54, 1.807) is 0 Å². The third-order valence-electron chi connectivity index (χ3n) is 9.97. The number of nitrogens with zero attached hydrogens (tertiary/aromatic N) is 4. The van der Waals surface area contributed by atoms with Crippen LogP contribution in [0, 0.1) is 0 Å². The van der Waals surface area contributed by atoms with Gasteiger partial charge in [-0.25, -0.2) is 0 Å². The van der Waals surface area contributed by atoms with Crippen molar-refractivity contribution in [3.05, 3.63) is 71.8 Å². The number of piperazine rings is 1. The van der Waals surface area contributed by atoms with Crippen molar-refractivity contribution in [2.75, 3.05) is 39.3 Å². The van der Waals surface area contributed by atoms with Gasteiger partial charge in [-0.3, -0.25) is 14.5 Å². The van der Waals surface area contributed by atoms with E-state index in [0.717, 1.165) is 77.9 Å². The lowest BCUT2D eigenvalue weighted by Crippen LogP contribution is -2.74. The first-order chi connectivity index (χ1) is 19.6. The zero-order valence-electron chi connectivity index (χ0n) is 24.1. The van der Waals surface area contributed by atoms with Gasteiger partial charge in [0.25, 0.3) is 0 Å². The van der Waals surface area contributed by atoms with Gasteiger partial charge in [-0.05, 0) is 69.0 Å². The number of benzene rings is 2. The van der Waals surface area contributed by atoms with Crippen molar-refractivity contribution in [3.63, 3.8) is 0 Å².